The first-order chi connectivity index (χ1) is 8.24. The molecule has 3 N–H and O–H groups in total. The number of hydrogen-bond donors (Lipinski definition) is 2. The predicted molar refractivity (Wildman–Crippen MR) is 64.4 cm³/mol. The summed E-state index contributed by atoms with van der Waals surface area (Å²) < 4.78 is 5.30. The minimum absolute atomic E-state index is 0.0697. The lowest BCUT2D eigenvalue weighted by atomic mass is 10.2. The first kappa shape index (κ1) is 11.7. The van der Waals surface area contributed by atoms with Gasteiger partial charge < -0.3 is 20.6 Å². The summed E-state index contributed by atoms with van der Waals surface area (Å²) in [5, 5.41) is 11.5. The Morgan fingerprint density at radius 2 is 2.47 bits per heavy atom. The molecule has 1 aromatic heterocycles. The van der Waals surface area contributed by atoms with E-state index in [2.05, 4.69) is 15.0 Å². The van der Waals surface area contributed by atoms with Crippen LogP contribution in [-0.4, -0.2) is 42.3 Å². The number of oxime groups is 1. The Morgan fingerprint density at radius 3 is 3.00 bits per heavy atom. The van der Waals surface area contributed by atoms with E-state index >= 15 is 0 Å². The van der Waals surface area contributed by atoms with Gasteiger partial charge in [-0.05, 0) is 18.6 Å². The van der Waals surface area contributed by atoms with E-state index in [1.165, 1.54) is 0 Å². The molecular weight excluding hydrogens is 220 g/mol. The van der Waals surface area contributed by atoms with E-state index in [9.17, 15) is 0 Å². The average Bonchev–Trinajstić information content (AvgIpc) is 2.87. The number of anilines is 1. The molecule has 1 fully saturated rings. The van der Waals surface area contributed by atoms with E-state index in [4.69, 9.17) is 15.7 Å². The molecule has 0 bridgehead atoms. The molecule has 0 aliphatic carbocycles. The highest BCUT2D eigenvalue weighted by molar-refractivity contribution is 5.96. The smallest absolute Gasteiger partial charge is 0.171 e. The van der Waals surface area contributed by atoms with Gasteiger partial charge in [0.1, 0.15) is 5.82 Å². The predicted octanol–water partition coefficient (Wildman–Crippen LogP) is 0.401. The maximum Gasteiger partial charge on any atom is 0.171 e. The van der Waals surface area contributed by atoms with Crippen LogP contribution in [0.15, 0.2) is 23.5 Å². The number of rotatable bonds is 3. The van der Waals surface area contributed by atoms with E-state index in [0.717, 1.165) is 25.3 Å². The molecule has 1 saturated heterocycles. The van der Waals surface area contributed by atoms with Crippen molar-refractivity contribution in [3.63, 3.8) is 0 Å². The van der Waals surface area contributed by atoms with Crippen LogP contribution < -0.4 is 10.6 Å². The van der Waals surface area contributed by atoms with Crippen LogP contribution in [0.4, 0.5) is 5.82 Å². The van der Waals surface area contributed by atoms with Gasteiger partial charge in [0, 0.05) is 32.0 Å². The van der Waals surface area contributed by atoms with Gasteiger partial charge in [-0.25, -0.2) is 4.98 Å². The summed E-state index contributed by atoms with van der Waals surface area (Å²) in [4.78, 5) is 6.45. The van der Waals surface area contributed by atoms with Gasteiger partial charge in [0.05, 0.1) is 6.10 Å². The van der Waals surface area contributed by atoms with Crippen molar-refractivity contribution >= 4 is 11.7 Å². The van der Waals surface area contributed by atoms with E-state index in [0.29, 0.717) is 5.56 Å². The van der Waals surface area contributed by atoms with Crippen LogP contribution in [0.25, 0.3) is 0 Å². The lowest BCUT2D eigenvalue weighted by molar-refractivity contribution is 0.121. The zero-order valence-corrected chi connectivity index (χ0v) is 9.71. The van der Waals surface area contributed by atoms with E-state index in [1.807, 2.05) is 6.07 Å². The van der Waals surface area contributed by atoms with Crippen LogP contribution in [0.1, 0.15) is 12.0 Å². The van der Waals surface area contributed by atoms with Gasteiger partial charge in [-0.2, -0.15) is 0 Å². The van der Waals surface area contributed by atoms with Crippen molar-refractivity contribution in [2.45, 2.75) is 12.5 Å². The van der Waals surface area contributed by atoms with Gasteiger partial charge in [0.15, 0.2) is 5.84 Å². The van der Waals surface area contributed by atoms with E-state index in [1.54, 1.807) is 19.4 Å². The third kappa shape index (κ3) is 2.47. The Kier molecular flexibility index (Phi) is 3.43. The standard InChI is InChI=1S/C11H16N4O2/c1-17-9-4-5-15(7-9)10-3-2-8(6-13-10)11(12)14-16/h2-3,6,9,16H,4-5,7H2,1H3,(H2,12,14). The summed E-state index contributed by atoms with van der Waals surface area (Å²) >= 11 is 0. The van der Waals surface area contributed by atoms with Gasteiger partial charge in [0.2, 0.25) is 0 Å². The van der Waals surface area contributed by atoms with Crippen LogP contribution >= 0.6 is 0 Å². The highest BCUT2D eigenvalue weighted by atomic mass is 16.5. The zero-order chi connectivity index (χ0) is 12.3. The minimum atomic E-state index is 0.0697. The molecule has 6 nitrogen and oxygen atoms in total. The fourth-order valence-electron chi connectivity index (χ4n) is 1.91. The highest BCUT2D eigenvalue weighted by Crippen LogP contribution is 2.19. The number of nitrogens with zero attached hydrogens (tertiary/aromatic N) is 3. The molecule has 1 unspecified atom stereocenters. The average molecular weight is 236 g/mol. The first-order valence-corrected chi connectivity index (χ1v) is 5.46. The molecule has 92 valence electrons. The Balaban J connectivity index is 2.08. The number of nitrogens with two attached hydrogens (primary N) is 1. The molecular formula is C11H16N4O2. The number of amidine groups is 1. The van der Waals surface area contributed by atoms with Crippen molar-refractivity contribution in [2.75, 3.05) is 25.1 Å². The quantitative estimate of drug-likeness (QED) is 0.343. The molecule has 1 aromatic rings. The molecule has 17 heavy (non-hydrogen) atoms. The monoisotopic (exact) mass is 236 g/mol. The van der Waals surface area contributed by atoms with Crippen molar-refractivity contribution in [1.82, 2.24) is 4.98 Å². The van der Waals surface area contributed by atoms with E-state index < -0.39 is 0 Å². The number of hydrogen-bond acceptors (Lipinski definition) is 5. The van der Waals surface area contributed by atoms with Crippen molar-refractivity contribution in [3.05, 3.63) is 23.9 Å². The Labute approximate surface area is 99.7 Å². The third-order valence-electron chi connectivity index (χ3n) is 2.95. The minimum Gasteiger partial charge on any atom is -0.409 e. The highest BCUT2D eigenvalue weighted by Gasteiger charge is 2.22. The first-order valence-electron chi connectivity index (χ1n) is 5.46. The molecule has 6 heteroatoms. The Morgan fingerprint density at radius 1 is 1.65 bits per heavy atom. The van der Waals surface area contributed by atoms with Crippen molar-refractivity contribution < 1.29 is 9.94 Å². The summed E-state index contributed by atoms with van der Waals surface area (Å²) in [5.41, 5.74) is 6.08. The molecule has 2 heterocycles. The fraction of sp³-hybridized carbons (Fsp3) is 0.455. The van der Waals surface area contributed by atoms with Crippen molar-refractivity contribution in [1.29, 1.82) is 0 Å². The van der Waals surface area contributed by atoms with Gasteiger partial charge >= 0.3 is 0 Å². The molecule has 1 aliphatic heterocycles. The fourth-order valence-corrected chi connectivity index (χ4v) is 1.91. The lowest BCUT2D eigenvalue weighted by Gasteiger charge is -2.17. The molecule has 0 radical (unpaired) electrons. The summed E-state index contributed by atoms with van der Waals surface area (Å²) in [6.45, 7) is 1.79. The van der Waals surface area contributed by atoms with Crippen molar-refractivity contribution in [2.24, 2.45) is 10.9 Å². The molecule has 0 aromatic carbocycles. The SMILES string of the molecule is COC1CCN(c2ccc(/C(N)=N/O)cn2)C1. The molecule has 0 spiro atoms. The van der Waals surface area contributed by atoms with Crippen molar-refractivity contribution in [3.8, 4) is 0 Å². The summed E-state index contributed by atoms with van der Waals surface area (Å²) in [5.74, 6) is 0.958. The number of methoxy groups -OCH3 is 1. The Bertz CT molecular complexity index is 404. The lowest BCUT2D eigenvalue weighted by Crippen LogP contribution is -2.23. The normalized spacial score (nSPS) is 20.9. The largest absolute Gasteiger partial charge is 0.409 e. The van der Waals surface area contributed by atoms with Gasteiger partial charge in [-0.3, -0.25) is 0 Å². The second-order valence-electron chi connectivity index (χ2n) is 3.98. The molecule has 1 aliphatic rings. The molecule has 1 atom stereocenters. The van der Waals surface area contributed by atoms with Gasteiger partial charge in [0.25, 0.3) is 0 Å². The number of ether oxygens (including phenoxy) is 1. The van der Waals surface area contributed by atoms with Crippen LogP contribution in [0.3, 0.4) is 0 Å². The third-order valence-corrected chi connectivity index (χ3v) is 2.95. The van der Waals surface area contributed by atoms with Gasteiger partial charge in [-0.1, -0.05) is 5.16 Å². The Hall–Kier alpha value is -1.82. The second kappa shape index (κ2) is 5.01. The zero-order valence-electron chi connectivity index (χ0n) is 9.71. The summed E-state index contributed by atoms with van der Waals surface area (Å²) in [6, 6.07) is 3.66. The van der Waals surface area contributed by atoms with Crippen LogP contribution in [0, 0.1) is 0 Å². The molecule has 0 amide bonds. The molecule has 0 saturated carbocycles. The van der Waals surface area contributed by atoms with E-state index in [-0.39, 0.29) is 11.9 Å². The van der Waals surface area contributed by atoms with Crippen LogP contribution in [0.2, 0.25) is 0 Å². The van der Waals surface area contributed by atoms with Crippen LogP contribution in [-0.2, 0) is 4.74 Å². The topological polar surface area (TPSA) is 84.0 Å². The number of pyridine rings is 1. The summed E-state index contributed by atoms with van der Waals surface area (Å²) in [7, 11) is 1.73. The number of aromatic nitrogens is 1. The van der Waals surface area contributed by atoms with Crippen LogP contribution in [0.5, 0.6) is 0 Å². The van der Waals surface area contributed by atoms with Gasteiger partial charge in [-0.15, -0.1) is 0 Å². The molecule has 2 rings (SSSR count). The second-order valence-corrected chi connectivity index (χ2v) is 3.98. The maximum absolute atomic E-state index is 8.54. The maximum atomic E-state index is 8.54. The summed E-state index contributed by atoms with van der Waals surface area (Å²) in [6.07, 6.45) is 2.89.